The van der Waals surface area contributed by atoms with E-state index in [0.717, 1.165) is 16.8 Å². The van der Waals surface area contributed by atoms with Crippen molar-refractivity contribution in [3.63, 3.8) is 0 Å². The first-order valence-electron chi connectivity index (χ1n) is 4.84. The summed E-state index contributed by atoms with van der Waals surface area (Å²) in [6.45, 7) is 4.12. The molecule has 1 aromatic carbocycles. The van der Waals surface area contributed by atoms with Crippen molar-refractivity contribution in [2.24, 2.45) is 0 Å². The predicted molar refractivity (Wildman–Crippen MR) is 61.3 cm³/mol. The molecule has 1 rings (SSSR count). The molecule has 0 spiro atoms. The van der Waals surface area contributed by atoms with E-state index in [4.69, 9.17) is 10.5 Å². The van der Waals surface area contributed by atoms with Crippen molar-refractivity contribution >= 4 is 17.7 Å². The smallest absolute Gasteiger partial charge is 0.330 e. The zero-order chi connectivity index (χ0) is 11.3. The van der Waals surface area contributed by atoms with Crippen LogP contribution in [-0.2, 0) is 9.53 Å². The lowest BCUT2D eigenvalue weighted by Gasteiger charge is -2.01. The summed E-state index contributed by atoms with van der Waals surface area (Å²) in [5, 5.41) is 0. The van der Waals surface area contributed by atoms with Gasteiger partial charge in [0.25, 0.3) is 0 Å². The molecule has 3 nitrogen and oxygen atoms in total. The first-order chi connectivity index (χ1) is 7.13. The number of nitrogen functional groups attached to an aromatic ring is 1. The second-order valence-corrected chi connectivity index (χ2v) is 3.20. The lowest BCUT2D eigenvalue weighted by Crippen LogP contribution is -1.98. The van der Waals surface area contributed by atoms with Crippen LogP contribution in [0.15, 0.2) is 24.3 Å². The Kier molecular flexibility index (Phi) is 3.92. The Morgan fingerprint density at radius 3 is 2.87 bits per heavy atom. The predicted octanol–water partition coefficient (Wildman–Crippen LogP) is 2.15. The summed E-state index contributed by atoms with van der Waals surface area (Å²) < 4.78 is 4.78. The van der Waals surface area contributed by atoms with Gasteiger partial charge in [-0.2, -0.15) is 0 Å². The second-order valence-electron chi connectivity index (χ2n) is 3.20. The van der Waals surface area contributed by atoms with Crippen molar-refractivity contribution in [3.8, 4) is 0 Å². The molecule has 2 N–H and O–H groups in total. The Morgan fingerprint density at radius 2 is 2.27 bits per heavy atom. The molecule has 0 unspecified atom stereocenters. The zero-order valence-electron chi connectivity index (χ0n) is 8.99. The lowest BCUT2D eigenvalue weighted by atomic mass is 10.1. The third-order valence-electron chi connectivity index (χ3n) is 1.98. The van der Waals surface area contributed by atoms with Crippen LogP contribution in [-0.4, -0.2) is 12.6 Å². The van der Waals surface area contributed by atoms with E-state index >= 15 is 0 Å². The first kappa shape index (κ1) is 11.3. The Labute approximate surface area is 89.5 Å². The van der Waals surface area contributed by atoms with E-state index in [2.05, 4.69) is 0 Å². The molecular formula is C12H15NO2. The van der Waals surface area contributed by atoms with Crippen molar-refractivity contribution in [2.45, 2.75) is 13.8 Å². The molecule has 0 heterocycles. The molecule has 0 aromatic heterocycles. The van der Waals surface area contributed by atoms with E-state index < -0.39 is 0 Å². The summed E-state index contributed by atoms with van der Waals surface area (Å²) in [7, 11) is 0. The van der Waals surface area contributed by atoms with Crippen LogP contribution in [0.5, 0.6) is 0 Å². The number of rotatable bonds is 3. The highest BCUT2D eigenvalue weighted by Gasteiger charge is 1.97. The van der Waals surface area contributed by atoms with Crippen molar-refractivity contribution < 1.29 is 9.53 Å². The number of nitrogens with two attached hydrogens (primary N) is 1. The molecular weight excluding hydrogens is 190 g/mol. The summed E-state index contributed by atoms with van der Waals surface area (Å²) in [6, 6.07) is 5.54. The fraction of sp³-hybridized carbons (Fsp3) is 0.250. The van der Waals surface area contributed by atoms with Gasteiger partial charge in [0.2, 0.25) is 0 Å². The number of anilines is 1. The van der Waals surface area contributed by atoms with Crippen LogP contribution in [0.3, 0.4) is 0 Å². The highest BCUT2D eigenvalue weighted by Crippen LogP contribution is 2.13. The number of benzene rings is 1. The zero-order valence-corrected chi connectivity index (χ0v) is 8.99. The Morgan fingerprint density at radius 1 is 1.53 bits per heavy atom. The number of esters is 1. The van der Waals surface area contributed by atoms with E-state index in [1.807, 2.05) is 19.1 Å². The molecule has 0 fully saturated rings. The minimum absolute atomic E-state index is 0.325. The summed E-state index contributed by atoms with van der Waals surface area (Å²) in [4.78, 5) is 11.1. The van der Waals surface area contributed by atoms with Gasteiger partial charge in [-0.1, -0.05) is 6.07 Å². The van der Waals surface area contributed by atoms with E-state index in [1.54, 1.807) is 19.1 Å². The number of ether oxygens (including phenoxy) is 1. The molecule has 15 heavy (non-hydrogen) atoms. The van der Waals surface area contributed by atoms with Crippen LogP contribution in [0.2, 0.25) is 0 Å². The Balaban J connectivity index is 2.76. The quantitative estimate of drug-likeness (QED) is 0.467. The Bertz CT molecular complexity index is 383. The maximum absolute atomic E-state index is 11.1. The summed E-state index contributed by atoms with van der Waals surface area (Å²) in [5.41, 5.74) is 8.35. The fourth-order valence-electron chi connectivity index (χ4n) is 1.23. The van der Waals surface area contributed by atoms with Gasteiger partial charge in [0, 0.05) is 11.8 Å². The van der Waals surface area contributed by atoms with Gasteiger partial charge in [-0.05, 0) is 43.2 Å². The van der Waals surface area contributed by atoms with Crippen molar-refractivity contribution in [2.75, 3.05) is 12.3 Å². The van der Waals surface area contributed by atoms with Gasteiger partial charge < -0.3 is 10.5 Å². The van der Waals surface area contributed by atoms with Gasteiger partial charge >= 0.3 is 5.97 Å². The van der Waals surface area contributed by atoms with Crippen molar-refractivity contribution in [3.05, 3.63) is 35.4 Å². The highest BCUT2D eigenvalue weighted by atomic mass is 16.5. The molecule has 0 amide bonds. The van der Waals surface area contributed by atoms with E-state index in [0.29, 0.717) is 6.61 Å². The number of carbonyl (C=O) groups excluding carboxylic acids is 1. The average Bonchev–Trinajstić information content (AvgIpc) is 2.17. The van der Waals surface area contributed by atoms with Gasteiger partial charge in [0.1, 0.15) is 0 Å². The van der Waals surface area contributed by atoms with Crippen LogP contribution >= 0.6 is 0 Å². The minimum atomic E-state index is -0.325. The third-order valence-corrected chi connectivity index (χ3v) is 1.98. The molecule has 3 heteroatoms. The van der Waals surface area contributed by atoms with Crippen LogP contribution < -0.4 is 5.73 Å². The molecule has 0 saturated carbocycles. The summed E-state index contributed by atoms with van der Waals surface area (Å²) >= 11 is 0. The van der Waals surface area contributed by atoms with Crippen LogP contribution in [0.1, 0.15) is 18.1 Å². The molecule has 0 aliphatic carbocycles. The topological polar surface area (TPSA) is 52.3 Å². The van der Waals surface area contributed by atoms with Crippen molar-refractivity contribution in [1.82, 2.24) is 0 Å². The molecule has 0 bridgehead atoms. The standard InChI is InChI=1S/C12H15NO2/c1-3-15-12(14)7-5-10-4-6-11(13)8-9(10)2/h4-8H,3,13H2,1-2H3. The maximum atomic E-state index is 11.1. The second kappa shape index (κ2) is 5.20. The van der Waals surface area contributed by atoms with Gasteiger partial charge in [0.05, 0.1) is 6.61 Å². The molecule has 0 aliphatic rings. The lowest BCUT2D eigenvalue weighted by molar-refractivity contribution is -0.137. The van der Waals surface area contributed by atoms with Gasteiger partial charge in [-0.3, -0.25) is 0 Å². The van der Waals surface area contributed by atoms with E-state index in [1.165, 1.54) is 6.08 Å². The number of aryl methyl sites for hydroxylation is 1. The van der Waals surface area contributed by atoms with E-state index in [-0.39, 0.29) is 5.97 Å². The fourth-order valence-corrected chi connectivity index (χ4v) is 1.23. The molecule has 0 radical (unpaired) electrons. The highest BCUT2D eigenvalue weighted by molar-refractivity contribution is 5.87. The largest absolute Gasteiger partial charge is 0.463 e. The molecule has 0 atom stereocenters. The molecule has 0 saturated heterocycles. The summed E-state index contributed by atoms with van der Waals surface area (Å²) in [5.74, 6) is -0.325. The van der Waals surface area contributed by atoms with Crippen molar-refractivity contribution in [1.29, 1.82) is 0 Å². The Hall–Kier alpha value is -1.77. The maximum Gasteiger partial charge on any atom is 0.330 e. The number of hydrogen-bond donors (Lipinski definition) is 1. The molecule has 1 aromatic rings. The average molecular weight is 205 g/mol. The minimum Gasteiger partial charge on any atom is -0.463 e. The normalized spacial score (nSPS) is 10.5. The number of hydrogen-bond acceptors (Lipinski definition) is 3. The van der Waals surface area contributed by atoms with Crippen LogP contribution in [0.4, 0.5) is 5.69 Å². The monoisotopic (exact) mass is 205 g/mol. The summed E-state index contributed by atoms with van der Waals surface area (Å²) in [6.07, 6.45) is 3.15. The third kappa shape index (κ3) is 3.46. The van der Waals surface area contributed by atoms with Crippen LogP contribution in [0.25, 0.3) is 6.08 Å². The SMILES string of the molecule is CCOC(=O)C=Cc1ccc(N)cc1C. The van der Waals surface area contributed by atoms with Gasteiger partial charge in [0.15, 0.2) is 0 Å². The van der Waals surface area contributed by atoms with Gasteiger partial charge in [-0.15, -0.1) is 0 Å². The molecule has 80 valence electrons. The van der Waals surface area contributed by atoms with Gasteiger partial charge in [-0.25, -0.2) is 4.79 Å². The molecule has 0 aliphatic heterocycles. The van der Waals surface area contributed by atoms with E-state index in [9.17, 15) is 4.79 Å². The first-order valence-corrected chi connectivity index (χ1v) is 4.84. The van der Waals surface area contributed by atoms with Crippen LogP contribution in [0, 0.1) is 6.92 Å². The number of carbonyl (C=O) groups is 1.